The summed E-state index contributed by atoms with van der Waals surface area (Å²) in [5.74, 6) is 0.721. The predicted molar refractivity (Wildman–Crippen MR) is 121 cm³/mol. The van der Waals surface area contributed by atoms with Gasteiger partial charge in [0.1, 0.15) is 12.4 Å². The molecule has 0 aliphatic rings. The number of carbonyl (C=O) groups excluding carboxylic acids is 2. The normalized spacial score (nSPS) is 10.9. The number of para-hydroxylation sites is 2. The molecule has 0 aliphatic heterocycles. The average molecular weight is 423 g/mol. The maximum absolute atomic E-state index is 12.4. The van der Waals surface area contributed by atoms with Gasteiger partial charge in [-0.2, -0.15) is 0 Å². The second-order valence-electron chi connectivity index (χ2n) is 7.53. The van der Waals surface area contributed by atoms with Crippen molar-refractivity contribution in [3.05, 3.63) is 65.5 Å². The highest BCUT2D eigenvalue weighted by Gasteiger charge is 2.13. The van der Waals surface area contributed by atoms with Crippen LogP contribution in [0.5, 0.6) is 0 Å². The summed E-state index contributed by atoms with van der Waals surface area (Å²) in [6.45, 7) is 3.93. The maximum Gasteiger partial charge on any atom is 0.251 e. The molecule has 31 heavy (non-hydrogen) atoms. The zero-order chi connectivity index (χ0) is 22.1. The molecule has 0 aliphatic carbocycles. The summed E-state index contributed by atoms with van der Waals surface area (Å²) in [6.07, 6.45) is 2.18. The molecule has 0 saturated heterocycles. The number of aromatic nitrogens is 2. The number of hydrogen-bond donors (Lipinski definition) is 2. The lowest BCUT2D eigenvalue weighted by atomic mass is 10.1. The fourth-order valence-corrected chi connectivity index (χ4v) is 3.47. The van der Waals surface area contributed by atoms with Crippen molar-refractivity contribution < 1.29 is 14.3 Å². The summed E-state index contributed by atoms with van der Waals surface area (Å²) in [6, 6.07) is 15.4. The SMILES string of the molecule is COCCCNC(=O)Cn1c(CCCNC(=O)c2cccc(C)c2)nc2ccccc21. The summed E-state index contributed by atoms with van der Waals surface area (Å²) in [5.41, 5.74) is 3.53. The summed E-state index contributed by atoms with van der Waals surface area (Å²) in [4.78, 5) is 29.4. The van der Waals surface area contributed by atoms with Crippen LogP contribution in [-0.2, 0) is 22.5 Å². The molecule has 3 aromatic rings. The number of nitrogens with one attached hydrogen (secondary N) is 2. The van der Waals surface area contributed by atoms with E-state index < -0.39 is 0 Å². The Labute approximate surface area is 182 Å². The first-order valence-electron chi connectivity index (χ1n) is 10.6. The molecule has 3 rings (SSSR count). The van der Waals surface area contributed by atoms with Crippen molar-refractivity contribution in [2.45, 2.75) is 32.7 Å². The largest absolute Gasteiger partial charge is 0.385 e. The third-order valence-corrected chi connectivity index (χ3v) is 5.03. The lowest BCUT2D eigenvalue weighted by Crippen LogP contribution is -2.29. The van der Waals surface area contributed by atoms with Crippen LogP contribution in [0.3, 0.4) is 0 Å². The van der Waals surface area contributed by atoms with Crippen molar-refractivity contribution >= 4 is 22.8 Å². The lowest BCUT2D eigenvalue weighted by molar-refractivity contribution is -0.121. The molecule has 7 nitrogen and oxygen atoms in total. The van der Waals surface area contributed by atoms with E-state index >= 15 is 0 Å². The number of carbonyl (C=O) groups is 2. The molecule has 0 saturated carbocycles. The Hall–Kier alpha value is -3.19. The molecule has 164 valence electrons. The molecule has 0 atom stereocenters. The molecule has 1 aromatic heterocycles. The molecule has 0 fully saturated rings. The van der Waals surface area contributed by atoms with E-state index in [0.29, 0.717) is 31.7 Å². The maximum atomic E-state index is 12.4. The van der Waals surface area contributed by atoms with Crippen molar-refractivity contribution in [1.82, 2.24) is 20.2 Å². The van der Waals surface area contributed by atoms with E-state index in [4.69, 9.17) is 9.72 Å². The fourth-order valence-electron chi connectivity index (χ4n) is 3.47. The first-order chi connectivity index (χ1) is 15.1. The smallest absolute Gasteiger partial charge is 0.251 e. The van der Waals surface area contributed by atoms with E-state index in [1.54, 1.807) is 7.11 Å². The van der Waals surface area contributed by atoms with Gasteiger partial charge in [-0.25, -0.2) is 4.98 Å². The highest BCUT2D eigenvalue weighted by molar-refractivity contribution is 5.94. The van der Waals surface area contributed by atoms with Crippen molar-refractivity contribution in [2.24, 2.45) is 0 Å². The van der Waals surface area contributed by atoms with Crippen LogP contribution in [0.4, 0.5) is 0 Å². The second kappa shape index (κ2) is 11.3. The van der Waals surface area contributed by atoms with Crippen LogP contribution < -0.4 is 10.6 Å². The Morgan fingerprint density at radius 1 is 1.03 bits per heavy atom. The number of fused-ring (bicyclic) bond motifs is 1. The van der Waals surface area contributed by atoms with E-state index in [1.807, 2.05) is 60.0 Å². The van der Waals surface area contributed by atoms with Crippen LogP contribution >= 0.6 is 0 Å². The molecule has 0 radical (unpaired) electrons. The quantitative estimate of drug-likeness (QED) is 0.466. The summed E-state index contributed by atoms with van der Waals surface area (Å²) < 4.78 is 6.98. The predicted octanol–water partition coefficient (Wildman–Crippen LogP) is 2.86. The number of ether oxygens (including phenoxy) is 1. The average Bonchev–Trinajstić information content (AvgIpc) is 3.11. The van der Waals surface area contributed by atoms with Crippen molar-refractivity contribution in [3.63, 3.8) is 0 Å². The molecule has 7 heteroatoms. The van der Waals surface area contributed by atoms with Gasteiger partial charge >= 0.3 is 0 Å². The Balaban J connectivity index is 1.59. The van der Waals surface area contributed by atoms with Crippen LogP contribution in [-0.4, -0.2) is 48.2 Å². The topological polar surface area (TPSA) is 85.2 Å². The highest BCUT2D eigenvalue weighted by atomic mass is 16.5. The summed E-state index contributed by atoms with van der Waals surface area (Å²) in [5, 5.41) is 5.89. The van der Waals surface area contributed by atoms with Crippen molar-refractivity contribution in [2.75, 3.05) is 26.8 Å². The number of benzene rings is 2. The first-order valence-corrected chi connectivity index (χ1v) is 10.6. The van der Waals surface area contributed by atoms with Gasteiger partial charge in [0.05, 0.1) is 11.0 Å². The van der Waals surface area contributed by atoms with Crippen LogP contribution in [0, 0.1) is 6.92 Å². The van der Waals surface area contributed by atoms with E-state index in [-0.39, 0.29) is 18.4 Å². The van der Waals surface area contributed by atoms with Gasteiger partial charge in [0.25, 0.3) is 5.91 Å². The summed E-state index contributed by atoms with van der Waals surface area (Å²) in [7, 11) is 1.65. The number of hydrogen-bond acceptors (Lipinski definition) is 4. The van der Waals surface area contributed by atoms with Gasteiger partial charge in [-0.1, -0.05) is 29.8 Å². The van der Waals surface area contributed by atoms with Gasteiger partial charge in [0.2, 0.25) is 5.91 Å². The monoisotopic (exact) mass is 422 g/mol. The zero-order valence-electron chi connectivity index (χ0n) is 18.2. The van der Waals surface area contributed by atoms with Crippen LogP contribution in [0.1, 0.15) is 34.6 Å². The fraction of sp³-hybridized carbons (Fsp3) is 0.375. The van der Waals surface area contributed by atoms with Gasteiger partial charge in [0.15, 0.2) is 0 Å². The van der Waals surface area contributed by atoms with E-state index in [2.05, 4.69) is 10.6 Å². The van der Waals surface area contributed by atoms with Gasteiger partial charge in [-0.15, -0.1) is 0 Å². The zero-order valence-corrected chi connectivity index (χ0v) is 18.2. The van der Waals surface area contributed by atoms with Gasteiger partial charge in [-0.05, 0) is 44.0 Å². The standard InChI is InChI=1S/C24H30N4O3/c1-18-8-5-9-19(16-18)24(30)26-13-6-12-22-27-20-10-3-4-11-21(20)28(22)17-23(29)25-14-7-15-31-2/h3-5,8-11,16H,6-7,12-15,17H2,1-2H3,(H,25,29)(H,26,30). The Morgan fingerprint density at radius 3 is 2.65 bits per heavy atom. The lowest BCUT2D eigenvalue weighted by Gasteiger charge is -2.10. The first kappa shape index (κ1) is 22.5. The molecule has 2 aromatic carbocycles. The number of amides is 2. The van der Waals surface area contributed by atoms with Crippen molar-refractivity contribution in [1.29, 1.82) is 0 Å². The number of nitrogens with zero attached hydrogens (tertiary/aromatic N) is 2. The third kappa shape index (κ3) is 6.39. The Kier molecular flexibility index (Phi) is 8.18. The molecular weight excluding hydrogens is 392 g/mol. The third-order valence-electron chi connectivity index (χ3n) is 5.03. The minimum absolute atomic E-state index is 0.0479. The van der Waals surface area contributed by atoms with Crippen molar-refractivity contribution in [3.8, 4) is 0 Å². The molecular formula is C24H30N4O3. The van der Waals surface area contributed by atoms with E-state index in [0.717, 1.165) is 35.3 Å². The van der Waals surface area contributed by atoms with Crippen LogP contribution in [0.15, 0.2) is 48.5 Å². The molecule has 0 bridgehead atoms. The second-order valence-corrected chi connectivity index (χ2v) is 7.53. The number of imidazole rings is 1. The van der Waals surface area contributed by atoms with Gasteiger partial charge in [0, 0.05) is 38.8 Å². The van der Waals surface area contributed by atoms with E-state index in [1.165, 1.54) is 0 Å². The highest BCUT2D eigenvalue weighted by Crippen LogP contribution is 2.17. The minimum atomic E-state index is -0.0763. The molecule has 1 heterocycles. The van der Waals surface area contributed by atoms with Gasteiger partial charge < -0.3 is 19.9 Å². The molecule has 2 N–H and O–H groups in total. The molecule has 2 amide bonds. The number of methoxy groups -OCH3 is 1. The van der Waals surface area contributed by atoms with Crippen LogP contribution in [0.25, 0.3) is 11.0 Å². The molecule has 0 unspecified atom stereocenters. The van der Waals surface area contributed by atoms with E-state index in [9.17, 15) is 9.59 Å². The Morgan fingerprint density at radius 2 is 1.84 bits per heavy atom. The van der Waals surface area contributed by atoms with Crippen LogP contribution in [0.2, 0.25) is 0 Å². The minimum Gasteiger partial charge on any atom is -0.385 e. The number of rotatable bonds is 11. The van der Waals surface area contributed by atoms with Gasteiger partial charge in [-0.3, -0.25) is 9.59 Å². The Bertz CT molecular complexity index is 1030. The summed E-state index contributed by atoms with van der Waals surface area (Å²) >= 11 is 0. The molecule has 0 spiro atoms. The number of aryl methyl sites for hydroxylation is 2.